The Kier molecular flexibility index (Phi) is 13.5. The molecule has 3 nitrogen and oxygen atoms in total. The number of ether oxygens (including phenoxy) is 1. The Labute approximate surface area is 208 Å². The Morgan fingerprint density at radius 3 is 2.39 bits per heavy atom. The molecule has 9 heteroatoms. The summed E-state index contributed by atoms with van der Waals surface area (Å²) in [5, 5.41) is 5.70. The van der Waals surface area contributed by atoms with Crippen molar-refractivity contribution in [1.82, 2.24) is 5.32 Å². The maximum absolute atomic E-state index is 13.0. The maximum Gasteiger partial charge on any atom is 0.392 e. The maximum atomic E-state index is 13.0. The summed E-state index contributed by atoms with van der Waals surface area (Å²) in [7, 11) is 4.76. The van der Waals surface area contributed by atoms with E-state index in [1.807, 2.05) is 40.4 Å². The molecule has 2 aromatic carbocycles. The molecule has 0 unspecified atom stereocenters. The van der Waals surface area contributed by atoms with Gasteiger partial charge in [-0.15, -0.1) is 0 Å². The van der Waals surface area contributed by atoms with Gasteiger partial charge in [0.1, 0.15) is 17.9 Å². The Morgan fingerprint density at radius 1 is 1.21 bits per heavy atom. The van der Waals surface area contributed by atoms with Gasteiger partial charge in [-0.2, -0.15) is 13.2 Å². The molecular formula is C24H26F4INO2S. The van der Waals surface area contributed by atoms with Crippen molar-refractivity contribution in [1.29, 1.82) is 0 Å². The quantitative estimate of drug-likeness (QED) is 0.152. The number of methoxy groups -OCH3 is 1. The molecule has 0 saturated carbocycles. The third-order valence-corrected chi connectivity index (χ3v) is 5.85. The first-order valence-electron chi connectivity index (χ1n) is 10.0. The molecule has 0 heterocycles. The predicted octanol–water partition coefficient (Wildman–Crippen LogP) is 7.16. The normalized spacial score (nSPS) is 12.5. The summed E-state index contributed by atoms with van der Waals surface area (Å²) < 4.78 is 56.7. The van der Waals surface area contributed by atoms with Gasteiger partial charge in [0.15, 0.2) is 0 Å². The standard InChI is InChI=1S/C14H11F4IOS.C10H15NO/c15-13-6-4-10(11(8-13)9-20)3-5-12(14(16,17)18)2-1-7-21-19;1-8(11-2)9-4-6-10(12-3)7-5-9/h4,6,8-9,12H,2-3,5H2;4-8,11H,1-3H3/t12-;8-/m00/s1. The second-order valence-corrected chi connectivity index (χ2v) is 8.76. The van der Waals surface area contributed by atoms with E-state index in [0.29, 0.717) is 17.9 Å². The van der Waals surface area contributed by atoms with E-state index in [9.17, 15) is 22.4 Å². The number of aryl methyl sites for hydroxylation is 1. The van der Waals surface area contributed by atoms with E-state index < -0.39 is 17.9 Å². The molecule has 180 valence electrons. The highest BCUT2D eigenvalue weighted by atomic mass is 127. The van der Waals surface area contributed by atoms with Crippen LogP contribution in [0.4, 0.5) is 17.6 Å². The molecule has 2 rings (SSSR count). The van der Waals surface area contributed by atoms with E-state index in [1.165, 1.54) is 11.6 Å². The van der Waals surface area contributed by atoms with Gasteiger partial charge < -0.3 is 10.1 Å². The first-order valence-corrected chi connectivity index (χ1v) is 13.4. The topological polar surface area (TPSA) is 38.3 Å². The molecule has 0 bridgehead atoms. The van der Waals surface area contributed by atoms with E-state index in [-0.39, 0.29) is 24.8 Å². The van der Waals surface area contributed by atoms with Crippen molar-refractivity contribution < 1.29 is 27.1 Å². The second-order valence-electron chi connectivity index (χ2n) is 7.08. The van der Waals surface area contributed by atoms with Crippen LogP contribution in [0.2, 0.25) is 0 Å². The summed E-state index contributed by atoms with van der Waals surface area (Å²) in [6.45, 7) is 2.13. The molecule has 1 N–H and O–H groups in total. The van der Waals surface area contributed by atoms with Gasteiger partial charge in [0.25, 0.3) is 0 Å². The van der Waals surface area contributed by atoms with Gasteiger partial charge in [0.05, 0.1) is 13.0 Å². The van der Waals surface area contributed by atoms with Crippen LogP contribution in [-0.2, 0) is 6.42 Å². The lowest BCUT2D eigenvalue weighted by molar-refractivity contribution is -0.174. The van der Waals surface area contributed by atoms with Gasteiger partial charge in [-0.1, -0.05) is 24.1 Å². The number of halogens is 5. The number of aldehydes is 1. The number of hydrogen-bond acceptors (Lipinski definition) is 4. The molecule has 0 aromatic heterocycles. The highest BCUT2D eigenvalue weighted by molar-refractivity contribution is 14.2. The van der Waals surface area contributed by atoms with E-state index in [1.54, 1.807) is 7.11 Å². The van der Waals surface area contributed by atoms with Crippen molar-refractivity contribution in [3.8, 4) is 16.9 Å². The van der Waals surface area contributed by atoms with Gasteiger partial charge in [0.2, 0.25) is 0 Å². The molecule has 0 aliphatic carbocycles. The molecular weight excluding hydrogens is 569 g/mol. The molecule has 2 atom stereocenters. The third-order valence-electron chi connectivity index (χ3n) is 4.97. The van der Waals surface area contributed by atoms with Gasteiger partial charge in [0, 0.05) is 39.2 Å². The first-order chi connectivity index (χ1) is 15.7. The molecule has 0 aliphatic heterocycles. The van der Waals surface area contributed by atoms with Gasteiger partial charge >= 0.3 is 6.18 Å². The van der Waals surface area contributed by atoms with Crippen molar-refractivity contribution in [3.63, 3.8) is 0 Å². The lowest BCUT2D eigenvalue weighted by Crippen LogP contribution is -2.23. The van der Waals surface area contributed by atoms with Crippen LogP contribution in [0.25, 0.3) is 0 Å². The average molecular weight is 595 g/mol. The third kappa shape index (κ3) is 10.8. The van der Waals surface area contributed by atoms with E-state index in [0.717, 1.165) is 26.8 Å². The minimum absolute atomic E-state index is 0.0532. The largest absolute Gasteiger partial charge is 0.497 e. The van der Waals surface area contributed by atoms with Crippen LogP contribution in [0, 0.1) is 22.9 Å². The van der Waals surface area contributed by atoms with Crippen LogP contribution in [0.15, 0.2) is 42.5 Å². The predicted molar refractivity (Wildman–Crippen MR) is 134 cm³/mol. The van der Waals surface area contributed by atoms with Crippen LogP contribution in [0.5, 0.6) is 5.75 Å². The number of rotatable bonds is 8. The highest BCUT2D eigenvalue weighted by Gasteiger charge is 2.38. The Morgan fingerprint density at radius 2 is 1.88 bits per heavy atom. The highest BCUT2D eigenvalue weighted by Crippen LogP contribution is 2.32. The fourth-order valence-electron chi connectivity index (χ4n) is 2.87. The molecule has 0 saturated heterocycles. The molecule has 0 fully saturated rings. The number of hydrogen-bond donors (Lipinski definition) is 1. The Bertz CT molecular complexity index is 927. The van der Waals surface area contributed by atoms with E-state index >= 15 is 0 Å². The fourth-order valence-corrected chi connectivity index (χ4v) is 3.47. The van der Waals surface area contributed by atoms with Crippen molar-refractivity contribution >= 4 is 36.4 Å². The Balaban J connectivity index is 0.000000383. The van der Waals surface area contributed by atoms with Crippen molar-refractivity contribution in [3.05, 3.63) is 65.0 Å². The smallest absolute Gasteiger partial charge is 0.392 e. The zero-order valence-electron chi connectivity index (χ0n) is 18.5. The van der Waals surface area contributed by atoms with Gasteiger partial charge in [-0.05, 0) is 76.4 Å². The van der Waals surface area contributed by atoms with Crippen molar-refractivity contribution in [2.24, 2.45) is 5.92 Å². The minimum atomic E-state index is -4.34. The molecule has 0 spiro atoms. The molecule has 0 radical (unpaired) electrons. The minimum Gasteiger partial charge on any atom is -0.497 e. The summed E-state index contributed by atoms with van der Waals surface area (Å²) in [6.07, 6.45) is -4.30. The van der Waals surface area contributed by atoms with Crippen LogP contribution in [0.1, 0.15) is 47.3 Å². The van der Waals surface area contributed by atoms with Gasteiger partial charge in [-0.3, -0.25) is 4.79 Å². The van der Waals surface area contributed by atoms with Crippen LogP contribution in [-0.4, -0.2) is 26.6 Å². The van der Waals surface area contributed by atoms with E-state index in [4.69, 9.17) is 4.74 Å². The van der Waals surface area contributed by atoms with E-state index in [2.05, 4.69) is 35.5 Å². The lowest BCUT2D eigenvalue weighted by atomic mass is 9.94. The van der Waals surface area contributed by atoms with Crippen LogP contribution < -0.4 is 10.1 Å². The van der Waals surface area contributed by atoms with Crippen LogP contribution >= 0.6 is 30.1 Å². The average Bonchev–Trinajstić information content (AvgIpc) is 2.81. The number of carbonyl (C=O) groups is 1. The first kappa shape index (κ1) is 29.3. The molecule has 33 heavy (non-hydrogen) atoms. The molecule has 0 amide bonds. The monoisotopic (exact) mass is 595 g/mol. The molecule has 0 aliphatic rings. The molecule has 2 aromatic rings. The number of benzene rings is 2. The lowest BCUT2D eigenvalue weighted by Gasteiger charge is -2.18. The van der Waals surface area contributed by atoms with Crippen LogP contribution in [0.3, 0.4) is 0 Å². The van der Waals surface area contributed by atoms with Crippen molar-refractivity contribution in [2.45, 2.75) is 38.4 Å². The zero-order chi connectivity index (χ0) is 24.9. The number of carbonyl (C=O) groups excluding carboxylic acids is 1. The summed E-state index contributed by atoms with van der Waals surface area (Å²) >= 11 is 1.89. The Hall–Kier alpha value is -1.77. The summed E-state index contributed by atoms with van der Waals surface area (Å²) in [5.74, 6) is 1.23. The van der Waals surface area contributed by atoms with Crippen molar-refractivity contribution in [2.75, 3.05) is 14.2 Å². The summed E-state index contributed by atoms with van der Waals surface area (Å²) in [5.41, 5.74) is 1.78. The fraction of sp³-hybridized carbons (Fsp3) is 0.375. The summed E-state index contributed by atoms with van der Waals surface area (Å²) in [4.78, 5) is 10.8. The number of nitrogens with one attached hydrogen (secondary N) is 1. The number of alkyl halides is 3. The second kappa shape index (κ2) is 15.2. The SMILES string of the molecule is CN[C@@H](C)c1ccc(OC)cc1.O=Cc1cc(F)ccc1CC[C@H](CC#CSI)C(F)(F)F. The van der Waals surface area contributed by atoms with Gasteiger partial charge in [-0.25, -0.2) is 4.39 Å². The summed E-state index contributed by atoms with van der Waals surface area (Å²) in [6, 6.07) is 12.0. The zero-order valence-corrected chi connectivity index (χ0v) is 21.5.